The molecule has 2 aromatic carbocycles. The molecular weight excluding hydrogens is 545 g/mol. The number of carbonyl (C=O) groups is 1. The second kappa shape index (κ2) is 12.5. The SMILES string of the molecule is CC#C[C@@H](CC(=O)OC)c1ccc(O[C@@H]2CCc3c(-c4ccc(OC5CCS(O)(O)CC5)nc4)ccc(F)c32)cc1. The molecule has 3 aromatic rings. The predicted octanol–water partition coefficient (Wildman–Crippen LogP) is 6.92. The Bertz CT molecular complexity index is 1440. The van der Waals surface area contributed by atoms with Crippen molar-refractivity contribution in [2.45, 2.75) is 57.2 Å². The lowest BCUT2D eigenvalue weighted by Crippen LogP contribution is -2.28. The van der Waals surface area contributed by atoms with Crippen LogP contribution >= 0.6 is 10.6 Å². The minimum Gasteiger partial charge on any atom is -0.486 e. The number of hydrogen-bond donors (Lipinski definition) is 2. The fourth-order valence-corrected chi connectivity index (χ4v) is 6.95. The number of hydrogen-bond acceptors (Lipinski definition) is 7. The number of pyridine rings is 1. The fraction of sp³-hybridized carbons (Fsp3) is 0.375. The minimum absolute atomic E-state index is 0.0892. The molecule has 0 radical (unpaired) electrons. The molecule has 1 saturated heterocycles. The summed E-state index contributed by atoms with van der Waals surface area (Å²) in [5.41, 5.74) is 4.14. The Hall–Kier alpha value is -3.58. The highest BCUT2D eigenvalue weighted by molar-refractivity contribution is 8.24. The van der Waals surface area contributed by atoms with Crippen LogP contribution in [-0.4, -0.2) is 44.8 Å². The van der Waals surface area contributed by atoms with Gasteiger partial charge in [0.05, 0.1) is 19.4 Å². The lowest BCUT2D eigenvalue weighted by atomic mass is 9.96. The second-order valence-corrected chi connectivity index (χ2v) is 12.8. The molecule has 2 aliphatic rings. The van der Waals surface area contributed by atoms with Crippen molar-refractivity contribution < 1.29 is 32.5 Å². The molecule has 5 rings (SSSR count). The van der Waals surface area contributed by atoms with Crippen molar-refractivity contribution >= 4 is 16.6 Å². The van der Waals surface area contributed by atoms with Crippen molar-refractivity contribution in [3.63, 3.8) is 0 Å². The number of esters is 1. The summed E-state index contributed by atoms with van der Waals surface area (Å²) in [6.45, 7) is 1.73. The van der Waals surface area contributed by atoms with Crippen LogP contribution in [0.3, 0.4) is 0 Å². The van der Waals surface area contributed by atoms with E-state index in [2.05, 4.69) is 16.8 Å². The molecule has 0 amide bonds. The molecule has 2 atom stereocenters. The number of nitrogens with zero attached hydrogens (tertiary/aromatic N) is 1. The normalized spacial score (nSPS) is 19.3. The van der Waals surface area contributed by atoms with E-state index < -0.39 is 16.7 Å². The van der Waals surface area contributed by atoms with Crippen LogP contribution in [0.2, 0.25) is 0 Å². The summed E-state index contributed by atoms with van der Waals surface area (Å²) in [6, 6.07) is 14.4. The molecule has 2 N–H and O–H groups in total. The van der Waals surface area contributed by atoms with Gasteiger partial charge in [-0.1, -0.05) is 24.1 Å². The van der Waals surface area contributed by atoms with Crippen LogP contribution in [-0.2, 0) is 16.0 Å². The van der Waals surface area contributed by atoms with Gasteiger partial charge in [0.2, 0.25) is 5.88 Å². The van der Waals surface area contributed by atoms with Crippen LogP contribution in [0.25, 0.3) is 11.1 Å². The maximum atomic E-state index is 15.1. The molecule has 0 bridgehead atoms. The van der Waals surface area contributed by atoms with Gasteiger partial charge in [0, 0.05) is 47.7 Å². The largest absolute Gasteiger partial charge is 0.486 e. The van der Waals surface area contributed by atoms with Gasteiger partial charge in [-0.25, -0.2) is 9.37 Å². The molecule has 1 aromatic heterocycles. The molecule has 1 aliphatic heterocycles. The summed E-state index contributed by atoms with van der Waals surface area (Å²) in [4.78, 5) is 16.3. The van der Waals surface area contributed by atoms with E-state index in [1.807, 2.05) is 30.3 Å². The van der Waals surface area contributed by atoms with Crippen molar-refractivity contribution in [1.82, 2.24) is 4.98 Å². The van der Waals surface area contributed by atoms with Gasteiger partial charge in [0.15, 0.2) is 0 Å². The number of benzene rings is 2. The third kappa shape index (κ3) is 6.84. The molecule has 0 spiro atoms. The minimum atomic E-state index is -2.46. The fourth-order valence-electron chi connectivity index (χ4n) is 5.47. The van der Waals surface area contributed by atoms with Crippen molar-refractivity contribution in [2.24, 2.45) is 0 Å². The molecule has 1 fully saturated rings. The standard InChI is InChI=1S/C32H34FNO6S/c1-3-4-22(19-31(35)38-2)21-5-8-24(9-6-21)39-29-13-11-27-26(10-12-28(33)32(27)29)23-7-14-30(34-20-23)40-25-15-17-41(36,37)18-16-25/h5-10,12,14,20,22,25,29,36-37H,11,13,15-19H2,1-2H3/t22-,29+/m0/s1. The highest BCUT2D eigenvalue weighted by Gasteiger charge is 2.31. The van der Waals surface area contributed by atoms with E-state index >= 15 is 4.39 Å². The van der Waals surface area contributed by atoms with Crippen molar-refractivity contribution in [2.75, 3.05) is 18.6 Å². The van der Waals surface area contributed by atoms with E-state index in [1.165, 1.54) is 13.2 Å². The Morgan fingerprint density at radius 1 is 1.07 bits per heavy atom. The average molecular weight is 580 g/mol. The number of aromatic nitrogens is 1. The first kappa shape index (κ1) is 28.9. The van der Waals surface area contributed by atoms with Gasteiger partial charge in [0.25, 0.3) is 0 Å². The van der Waals surface area contributed by atoms with E-state index in [1.54, 1.807) is 25.3 Å². The van der Waals surface area contributed by atoms with Crippen LogP contribution in [0.1, 0.15) is 61.3 Å². The predicted molar refractivity (Wildman–Crippen MR) is 157 cm³/mol. The van der Waals surface area contributed by atoms with Gasteiger partial charge in [0.1, 0.15) is 23.8 Å². The van der Waals surface area contributed by atoms with Crippen molar-refractivity contribution in [1.29, 1.82) is 0 Å². The maximum Gasteiger partial charge on any atom is 0.307 e. The molecule has 2 heterocycles. The van der Waals surface area contributed by atoms with E-state index in [0.29, 0.717) is 54.4 Å². The quantitative estimate of drug-likeness (QED) is 0.221. The van der Waals surface area contributed by atoms with Gasteiger partial charge in [-0.2, -0.15) is 10.6 Å². The molecule has 7 nitrogen and oxygen atoms in total. The molecule has 41 heavy (non-hydrogen) atoms. The Morgan fingerprint density at radius 3 is 2.49 bits per heavy atom. The van der Waals surface area contributed by atoms with E-state index in [-0.39, 0.29) is 30.2 Å². The lowest BCUT2D eigenvalue weighted by Gasteiger charge is -2.38. The monoisotopic (exact) mass is 579 g/mol. The van der Waals surface area contributed by atoms with E-state index in [4.69, 9.17) is 14.2 Å². The summed E-state index contributed by atoms with van der Waals surface area (Å²) >= 11 is 0. The van der Waals surface area contributed by atoms with E-state index in [9.17, 15) is 13.9 Å². The van der Waals surface area contributed by atoms with Crippen LogP contribution in [0, 0.1) is 17.7 Å². The van der Waals surface area contributed by atoms with Gasteiger partial charge in [-0.05, 0) is 60.7 Å². The first-order valence-corrected chi connectivity index (χ1v) is 15.6. The number of carbonyl (C=O) groups excluding carboxylic acids is 1. The molecule has 1 aliphatic carbocycles. The van der Waals surface area contributed by atoms with Crippen LogP contribution in [0.5, 0.6) is 11.6 Å². The first-order chi connectivity index (χ1) is 19.8. The highest BCUT2D eigenvalue weighted by Crippen LogP contribution is 2.45. The Labute approximate surface area is 241 Å². The van der Waals surface area contributed by atoms with Crippen LogP contribution < -0.4 is 9.47 Å². The maximum absolute atomic E-state index is 15.1. The number of fused-ring (bicyclic) bond motifs is 1. The zero-order valence-corrected chi connectivity index (χ0v) is 24.0. The number of rotatable bonds is 8. The summed E-state index contributed by atoms with van der Waals surface area (Å²) in [6.07, 6.45) is 3.87. The second-order valence-electron chi connectivity index (χ2n) is 10.3. The molecular formula is C32H34FNO6S. The Kier molecular flexibility index (Phi) is 8.83. The Morgan fingerprint density at radius 2 is 1.83 bits per heavy atom. The molecule has 216 valence electrons. The van der Waals surface area contributed by atoms with E-state index in [0.717, 1.165) is 22.3 Å². The number of methoxy groups -OCH3 is 1. The van der Waals surface area contributed by atoms with Gasteiger partial charge >= 0.3 is 5.97 Å². The lowest BCUT2D eigenvalue weighted by molar-refractivity contribution is -0.140. The molecule has 0 unspecified atom stereocenters. The molecule has 9 heteroatoms. The van der Waals surface area contributed by atoms with Crippen molar-refractivity contribution in [3.05, 3.63) is 77.2 Å². The third-order valence-corrected chi connectivity index (χ3v) is 9.41. The van der Waals surface area contributed by atoms with Crippen LogP contribution in [0.15, 0.2) is 54.7 Å². The summed E-state index contributed by atoms with van der Waals surface area (Å²) in [5, 5.41) is 0. The zero-order chi connectivity index (χ0) is 29.0. The third-order valence-electron chi connectivity index (χ3n) is 7.63. The number of halogens is 1. The zero-order valence-electron chi connectivity index (χ0n) is 23.1. The van der Waals surface area contributed by atoms with Crippen molar-refractivity contribution in [3.8, 4) is 34.6 Å². The summed E-state index contributed by atoms with van der Waals surface area (Å²) in [5.74, 6) is 6.84. The highest BCUT2D eigenvalue weighted by atomic mass is 32.3. The molecule has 0 saturated carbocycles. The van der Waals surface area contributed by atoms with Gasteiger partial charge in [-0.15, -0.1) is 5.92 Å². The number of ether oxygens (including phenoxy) is 3. The van der Waals surface area contributed by atoms with Gasteiger partial charge in [-0.3, -0.25) is 13.9 Å². The topological polar surface area (TPSA) is 98.1 Å². The van der Waals surface area contributed by atoms with Crippen LogP contribution in [0.4, 0.5) is 4.39 Å². The Balaban J connectivity index is 1.29. The summed E-state index contributed by atoms with van der Waals surface area (Å²) < 4.78 is 51.8. The van der Waals surface area contributed by atoms with Gasteiger partial charge < -0.3 is 14.2 Å². The average Bonchev–Trinajstić information content (AvgIpc) is 3.39. The smallest absolute Gasteiger partial charge is 0.307 e. The first-order valence-electron chi connectivity index (χ1n) is 13.7. The summed E-state index contributed by atoms with van der Waals surface area (Å²) in [7, 11) is -1.10.